The third-order valence-corrected chi connectivity index (χ3v) is 3.21. The van der Waals surface area contributed by atoms with Gasteiger partial charge in [0.25, 0.3) is 0 Å². The van der Waals surface area contributed by atoms with Gasteiger partial charge in [-0.15, -0.1) is 10.2 Å². The van der Waals surface area contributed by atoms with E-state index in [0.29, 0.717) is 18.8 Å². The summed E-state index contributed by atoms with van der Waals surface area (Å²) in [5, 5.41) is 13.9. The third-order valence-electron chi connectivity index (χ3n) is 2.87. The second kappa shape index (κ2) is 4.41. The monoisotopic (exact) mass is 261 g/mol. The number of hydrogen-bond acceptors (Lipinski definition) is 5. The number of anilines is 1. The van der Waals surface area contributed by atoms with Crippen LogP contribution in [0.2, 0.25) is 0 Å². The van der Waals surface area contributed by atoms with Crippen LogP contribution in [0.3, 0.4) is 0 Å². The van der Waals surface area contributed by atoms with Crippen LogP contribution in [0.4, 0.5) is 5.69 Å². The molecule has 2 heterocycles. The number of carbonyl (C=O) groups is 1. The van der Waals surface area contributed by atoms with E-state index in [1.807, 2.05) is 24.3 Å². The minimum Gasteiger partial charge on any atom is -0.311 e. The Labute approximate surface area is 109 Å². The van der Waals surface area contributed by atoms with Crippen molar-refractivity contribution in [1.82, 2.24) is 20.6 Å². The van der Waals surface area contributed by atoms with Crippen molar-refractivity contribution in [2.24, 2.45) is 0 Å². The summed E-state index contributed by atoms with van der Waals surface area (Å²) in [6.45, 7) is 0.637. The van der Waals surface area contributed by atoms with Gasteiger partial charge < -0.3 is 4.90 Å². The molecule has 1 fully saturated rings. The maximum absolute atomic E-state index is 11.8. The van der Waals surface area contributed by atoms with Crippen molar-refractivity contribution in [2.75, 3.05) is 11.4 Å². The molecule has 1 aliphatic rings. The lowest BCUT2D eigenvalue weighted by atomic mass is 10.2. The molecular formula is C11H11N5OS. The fourth-order valence-corrected chi connectivity index (χ4v) is 2.35. The number of carbonyl (C=O) groups excluding carboxylic acids is 1. The maximum Gasteiger partial charge on any atom is 0.228 e. The van der Waals surface area contributed by atoms with Gasteiger partial charge in [-0.3, -0.25) is 4.79 Å². The molecule has 1 N–H and O–H groups in total. The molecule has 6 nitrogen and oxygen atoms in total. The van der Waals surface area contributed by atoms with E-state index in [1.165, 1.54) is 0 Å². The summed E-state index contributed by atoms with van der Waals surface area (Å²) in [5.74, 6) is 0.617. The predicted molar refractivity (Wildman–Crippen MR) is 69.4 cm³/mol. The minimum atomic E-state index is 0.0975. The molecule has 1 amide bonds. The van der Waals surface area contributed by atoms with Crippen LogP contribution in [0.5, 0.6) is 0 Å². The summed E-state index contributed by atoms with van der Waals surface area (Å²) in [6, 6.07) is 7.54. The first kappa shape index (κ1) is 11.2. The van der Waals surface area contributed by atoms with E-state index in [2.05, 4.69) is 33.3 Å². The van der Waals surface area contributed by atoms with Crippen LogP contribution in [0.15, 0.2) is 24.3 Å². The Bertz CT molecular complexity index is 571. The number of thiol groups is 1. The summed E-state index contributed by atoms with van der Waals surface area (Å²) < 4.78 is 0. The number of tetrazole rings is 1. The minimum absolute atomic E-state index is 0.0975. The maximum atomic E-state index is 11.8. The van der Waals surface area contributed by atoms with Gasteiger partial charge in [-0.2, -0.15) is 17.8 Å². The van der Waals surface area contributed by atoms with Crippen LogP contribution >= 0.6 is 12.6 Å². The van der Waals surface area contributed by atoms with Crippen LogP contribution in [0.25, 0.3) is 11.4 Å². The van der Waals surface area contributed by atoms with Gasteiger partial charge >= 0.3 is 0 Å². The number of H-pyrrole nitrogens is 1. The first-order valence-corrected chi connectivity index (χ1v) is 6.08. The number of benzene rings is 1. The number of aromatic nitrogens is 4. The highest BCUT2D eigenvalue weighted by molar-refractivity contribution is 7.81. The third kappa shape index (κ3) is 1.97. The highest BCUT2D eigenvalue weighted by Crippen LogP contribution is 2.27. The molecule has 3 rings (SSSR count). The van der Waals surface area contributed by atoms with E-state index in [1.54, 1.807) is 4.90 Å². The molecule has 0 saturated carbocycles. The Balaban J connectivity index is 1.94. The van der Waals surface area contributed by atoms with Gasteiger partial charge in [0.1, 0.15) is 0 Å². The molecule has 1 unspecified atom stereocenters. The normalized spacial score (nSPS) is 19.5. The number of aromatic amines is 1. The summed E-state index contributed by atoms with van der Waals surface area (Å²) in [5.41, 5.74) is 1.68. The van der Waals surface area contributed by atoms with Crippen molar-refractivity contribution in [2.45, 2.75) is 11.7 Å². The molecule has 7 heteroatoms. The molecule has 1 aromatic carbocycles. The molecule has 1 aliphatic heterocycles. The van der Waals surface area contributed by atoms with E-state index in [-0.39, 0.29) is 11.2 Å². The Kier molecular flexibility index (Phi) is 2.75. The molecule has 1 saturated heterocycles. The first-order valence-electron chi connectivity index (χ1n) is 5.56. The van der Waals surface area contributed by atoms with Crippen LogP contribution in [-0.4, -0.2) is 38.3 Å². The molecule has 0 radical (unpaired) electrons. The van der Waals surface area contributed by atoms with Crippen LogP contribution < -0.4 is 4.90 Å². The summed E-state index contributed by atoms with van der Waals surface area (Å²) in [6.07, 6.45) is 0.482. The van der Waals surface area contributed by atoms with Gasteiger partial charge in [-0.05, 0) is 17.3 Å². The zero-order valence-electron chi connectivity index (χ0n) is 9.45. The van der Waals surface area contributed by atoms with E-state index >= 15 is 0 Å². The SMILES string of the molecule is O=C1CC(S)CN1c1cccc(-c2nn[nH]n2)c1. The number of nitrogens with one attached hydrogen (secondary N) is 1. The molecule has 0 spiro atoms. The highest BCUT2D eigenvalue weighted by Gasteiger charge is 2.28. The van der Waals surface area contributed by atoms with Crippen molar-refractivity contribution in [3.05, 3.63) is 24.3 Å². The van der Waals surface area contributed by atoms with E-state index in [9.17, 15) is 4.79 Å². The average molecular weight is 261 g/mol. The molecule has 2 aromatic rings. The van der Waals surface area contributed by atoms with E-state index < -0.39 is 0 Å². The van der Waals surface area contributed by atoms with Gasteiger partial charge in [0.15, 0.2) is 0 Å². The zero-order valence-corrected chi connectivity index (χ0v) is 10.3. The van der Waals surface area contributed by atoms with Gasteiger partial charge in [0.2, 0.25) is 11.7 Å². The number of rotatable bonds is 2. The molecule has 0 aliphatic carbocycles. The lowest BCUT2D eigenvalue weighted by Gasteiger charge is -2.16. The smallest absolute Gasteiger partial charge is 0.228 e. The Morgan fingerprint density at radius 2 is 2.33 bits per heavy atom. The lowest BCUT2D eigenvalue weighted by Crippen LogP contribution is -2.24. The Hall–Kier alpha value is -1.89. The molecule has 1 aromatic heterocycles. The molecule has 0 bridgehead atoms. The van der Waals surface area contributed by atoms with E-state index in [4.69, 9.17) is 0 Å². The molecular weight excluding hydrogens is 250 g/mol. The molecule has 92 valence electrons. The predicted octanol–water partition coefficient (Wildman–Crippen LogP) is 0.902. The lowest BCUT2D eigenvalue weighted by molar-refractivity contribution is -0.117. The van der Waals surface area contributed by atoms with Gasteiger partial charge in [-0.1, -0.05) is 12.1 Å². The highest BCUT2D eigenvalue weighted by atomic mass is 32.1. The second-order valence-electron chi connectivity index (χ2n) is 4.15. The number of amides is 1. The Morgan fingerprint density at radius 1 is 1.44 bits per heavy atom. The van der Waals surface area contributed by atoms with E-state index in [0.717, 1.165) is 11.3 Å². The quantitative estimate of drug-likeness (QED) is 0.788. The van der Waals surface area contributed by atoms with Crippen LogP contribution in [-0.2, 0) is 4.79 Å². The largest absolute Gasteiger partial charge is 0.311 e. The van der Waals surface area contributed by atoms with Gasteiger partial charge in [0, 0.05) is 29.5 Å². The summed E-state index contributed by atoms with van der Waals surface area (Å²) in [4.78, 5) is 13.5. The van der Waals surface area contributed by atoms with Crippen LogP contribution in [0.1, 0.15) is 6.42 Å². The summed E-state index contributed by atoms with van der Waals surface area (Å²) in [7, 11) is 0. The first-order chi connectivity index (χ1) is 8.74. The molecule has 18 heavy (non-hydrogen) atoms. The van der Waals surface area contributed by atoms with Gasteiger partial charge in [-0.25, -0.2) is 0 Å². The van der Waals surface area contributed by atoms with Crippen molar-refractivity contribution >= 4 is 24.2 Å². The second-order valence-corrected chi connectivity index (χ2v) is 4.88. The van der Waals surface area contributed by atoms with Crippen LogP contribution in [0, 0.1) is 0 Å². The average Bonchev–Trinajstić information content (AvgIpc) is 2.99. The standard InChI is InChI=1S/C11H11N5OS/c17-10-5-9(18)6-16(10)8-3-1-2-7(4-8)11-12-14-15-13-11/h1-4,9,18H,5-6H2,(H,12,13,14,15). The number of hydrogen-bond donors (Lipinski definition) is 2. The van der Waals surface area contributed by atoms with Crippen molar-refractivity contribution in [1.29, 1.82) is 0 Å². The van der Waals surface area contributed by atoms with Gasteiger partial charge in [0.05, 0.1) is 0 Å². The topological polar surface area (TPSA) is 74.8 Å². The Morgan fingerprint density at radius 3 is 3.00 bits per heavy atom. The number of nitrogens with zero attached hydrogens (tertiary/aromatic N) is 4. The summed E-state index contributed by atoms with van der Waals surface area (Å²) >= 11 is 4.34. The van der Waals surface area contributed by atoms with Crippen molar-refractivity contribution < 1.29 is 4.79 Å². The molecule has 1 atom stereocenters. The fraction of sp³-hybridized carbons (Fsp3) is 0.273. The van der Waals surface area contributed by atoms with Crippen molar-refractivity contribution in [3.8, 4) is 11.4 Å². The van der Waals surface area contributed by atoms with Crippen molar-refractivity contribution in [3.63, 3.8) is 0 Å². The zero-order chi connectivity index (χ0) is 12.5. The fourth-order valence-electron chi connectivity index (χ4n) is 2.04.